The summed E-state index contributed by atoms with van der Waals surface area (Å²) in [5.74, 6) is 0.509. The lowest BCUT2D eigenvalue weighted by Gasteiger charge is -2.20. The molecule has 19 heavy (non-hydrogen) atoms. The maximum absolute atomic E-state index is 12.4. The fraction of sp³-hybridized carbons (Fsp3) is 0.571. The molecule has 0 heterocycles. The second kappa shape index (κ2) is 5.13. The van der Waals surface area contributed by atoms with E-state index in [0.717, 1.165) is 12.8 Å². The molecule has 5 heteroatoms. The Morgan fingerprint density at radius 1 is 1.26 bits per heavy atom. The van der Waals surface area contributed by atoms with Gasteiger partial charge in [-0.3, -0.25) is 0 Å². The predicted molar refractivity (Wildman–Crippen MR) is 77.7 cm³/mol. The minimum Gasteiger partial charge on any atom is -0.387 e. The third-order valence-electron chi connectivity index (χ3n) is 4.18. The summed E-state index contributed by atoms with van der Waals surface area (Å²) >= 11 is 0. The van der Waals surface area contributed by atoms with Crippen LogP contribution in [0.25, 0.3) is 0 Å². The normalized spacial score (nSPS) is 17.5. The molecule has 0 aliphatic heterocycles. The highest BCUT2D eigenvalue weighted by atomic mass is 32.2. The highest BCUT2D eigenvalue weighted by Crippen LogP contribution is 2.51. The van der Waals surface area contributed by atoms with Gasteiger partial charge in [-0.15, -0.1) is 0 Å². The Labute approximate surface area is 115 Å². The lowest BCUT2D eigenvalue weighted by molar-refractivity contribution is 0.357. The van der Waals surface area contributed by atoms with Crippen LogP contribution in [0, 0.1) is 11.3 Å². The Balaban J connectivity index is 2.15. The fourth-order valence-corrected chi connectivity index (χ4v) is 3.69. The predicted octanol–water partition coefficient (Wildman–Crippen LogP) is 2.44. The standard InChI is InChI=1S/C14H22N2O2S/c1-11(2)14(8-9-14)10-16-19(17,18)13-7-5-4-6-12(13)15-3/h4-7,11,15-16H,8-10H2,1-3H3. The summed E-state index contributed by atoms with van der Waals surface area (Å²) in [6.45, 7) is 4.84. The number of sulfonamides is 1. The zero-order valence-electron chi connectivity index (χ0n) is 11.7. The van der Waals surface area contributed by atoms with Crippen LogP contribution in [-0.4, -0.2) is 22.0 Å². The summed E-state index contributed by atoms with van der Waals surface area (Å²) in [5.41, 5.74) is 0.797. The number of nitrogens with one attached hydrogen (secondary N) is 2. The van der Waals surface area contributed by atoms with Crippen LogP contribution in [-0.2, 0) is 10.0 Å². The maximum Gasteiger partial charge on any atom is 0.242 e. The van der Waals surface area contributed by atoms with Gasteiger partial charge in [0.2, 0.25) is 10.0 Å². The first-order chi connectivity index (χ1) is 8.91. The highest BCUT2D eigenvalue weighted by Gasteiger charge is 2.45. The van der Waals surface area contributed by atoms with Gasteiger partial charge in [0, 0.05) is 13.6 Å². The molecule has 2 N–H and O–H groups in total. The van der Waals surface area contributed by atoms with Crippen molar-refractivity contribution in [2.24, 2.45) is 11.3 Å². The molecule has 0 saturated heterocycles. The molecule has 4 nitrogen and oxygen atoms in total. The zero-order chi connectivity index (χ0) is 14.1. The Bertz CT molecular complexity index is 548. The molecular formula is C14H22N2O2S. The molecule has 0 amide bonds. The van der Waals surface area contributed by atoms with E-state index in [1.165, 1.54) is 0 Å². The first-order valence-corrected chi connectivity index (χ1v) is 8.16. The highest BCUT2D eigenvalue weighted by molar-refractivity contribution is 7.89. The molecular weight excluding hydrogens is 260 g/mol. The van der Waals surface area contributed by atoms with E-state index in [9.17, 15) is 8.42 Å². The lowest BCUT2D eigenvalue weighted by atomic mass is 9.93. The van der Waals surface area contributed by atoms with Crippen molar-refractivity contribution < 1.29 is 8.42 Å². The van der Waals surface area contributed by atoms with Crippen LogP contribution in [0.3, 0.4) is 0 Å². The molecule has 0 bridgehead atoms. The molecule has 0 radical (unpaired) electrons. The molecule has 1 aromatic carbocycles. The van der Waals surface area contributed by atoms with Crippen LogP contribution in [0.5, 0.6) is 0 Å². The summed E-state index contributed by atoms with van der Waals surface area (Å²) in [7, 11) is -1.72. The number of hydrogen-bond donors (Lipinski definition) is 2. The van der Waals surface area contributed by atoms with Crippen molar-refractivity contribution in [3.8, 4) is 0 Å². The summed E-state index contributed by atoms with van der Waals surface area (Å²) < 4.78 is 27.5. The van der Waals surface area contributed by atoms with E-state index in [2.05, 4.69) is 23.9 Å². The Kier molecular flexibility index (Phi) is 3.87. The van der Waals surface area contributed by atoms with Crippen molar-refractivity contribution in [1.29, 1.82) is 0 Å². The quantitative estimate of drug-likeness (QED) is 0.842. The number of para-hydroxylation sites is 1. The molecule has 1 fully saturated rings. The molecule has 0 atom stereocenters. The first kappa shape index (κ1) is 14.3. The van der Waals surface area contributed by atoms with Crippen LogP contribution < -0.4 is 10.0 Å². The first-order valence-electron chi connectivity index (χ1n) is 6.68. The number of benzene rings is 1. The van der Waals surface area contributed by atoms with Crippen molar-refractivity contribution in [3.05, 3.63) is 24.3 Å². The van der Waals surface area contributed by atoms with Crippen molar-refractivity contribution in [3.63, 3.8) is 0 Å². The fourth-order valence-electron chi connectivity index (χ4n) is 2.34. The Hall–Kier alpha value is -1.07. The van der Waals surface area contributed by atoms with Gasteiger partial charge in [0.1, 0.15) is 4.90 Å². The molecule has 2 rings (SSSR count). The number of hydrogen-bond acceptors (Lipinski definition) is 3. The summed E-state index contributed by atoms with van der Waals surface area (Å²) in [5, 5.41) is 2.92. The number of anilines is 1. The van der Waals surface area contributed by atoms with Gasteiger partial charge in [-0.05, 0) is 36.3 Å². The van der Waals surface area contributed by atoms with Crippen LogP contribution in [0.2, 0.25) is 0 Å². The summed E-state index contributed by atoms with van der Waals surface area (Å²) in [6, 6.07) is 6.96. The van der Waals surface area contributed by atoms with Gasteiger partial charge < -0.3 is 5.32 Å². The SMILES string of the molecule is CNc1ccccc1S(=O)(=O)NCC1(C(C)C)CC1. The van der Waals surface area contributed by atoms with Crippen molar-refractivity contribution in [2.75, 3.05) is 18.9 Å². The van der Waals surface area contributed by atoms with Crippen molar-refractivity contribution in [1.82, 2.24) is 4.72 Å². The van der Waals surface area contributed by atoms with Gasteiger partial charge >= 0.3 is 0 Å². The number of rotatable bonds is 6. The topological polar surface area (TPSA) is 58.2 Å². The van der Waals surface area contributed by atoms with Gasteiger partial charge in [0.05, 0.1) is 5.69 Å². The average molecular weight is 282 g/mol. The molecule has 1 aliphatic rings. The molecule has 0 unspecified atom stereocenters. The van der Waals surface area contributed by atoms with E-state index in [1.807, 2.05) is 6.07 Å². The minimum atomic E-state index is -3.44. The smallest absolute Gasteiger partial charge is 0.242 e. The average Bonchev–Trinajstić information content (AvgIpc) is 3.18. The van der Waals surface area contributed by atoms with Crippen molar-refractivity contribution >= 4 is 15.7 Å². The Morgan fingerprint density at radius 3 is 2.42 bits per heavy atom. The van der Waals surface area contributed by atoms with E-state index < -0.39 is 10.0 Å². The summed E-state index contributed by atoms with van der Waals surface area (Å²) in [4.78, 5) is 0.317. The van der Waals surface area contributed by atoms with E-state index in [4.69, 9.17) is 0 Å². The van der Waals surface area contributed by atoms with Crippen LogP contribution >= 0.6 is 0 Å². The lowest BCUT2D eigenvalue weighted by Crippen LogP contribution is -2.33. The minimum absolute atomic E-state index is 0.168. The van der Waals surface area contributed by atoms with Gasteiger partial charge in [0.15, 0.2) is 0 Å². The van der Waals surface area contributed by atoms with E-state index >= 15 is 0 Å². The van der Waals surface area contributed by atoms with Crippen LogP contribution in [0.1, 0.15) is 26.7 Å². The molecule has 1 aromatic rings. The maximum atomic E-state index is 12.4. The largest absolute Gasteiger partial charge is 0.387 e. The third-order valence-corrected chi connectivity index (χ3v) is 5.64. The zero-order valence-corrected chi connectivity index (χ0v) is 12.5. The molecule has 1 aliphatic carbocycles. The second-order valence-corrected chi connectivity index (χ2v) is 7.32. The van der Waals surface area contributed by atoms with Crippen LogP contribution in [0.4, 0.5) is 5.69 Å². The molecule has 0 aromatic heterocycles. The van der Waals surface area contributed by atoms with E-state index in [0.29, 0.717) is 23.0 Å². The van der Waals surface area contributed by atoms with Crippen LogP contribution in [0.15, 0.2) is 29.2 Å². The van der Waals surface area contributed by atoms with E-state index in [1.54, 1.807) is 25.2 Å². The van der Waals surface area contributed by atoms with Gasteiger partial charge in [0.25, 0.3) is 0 Å². The summed E-state index contributed by atoms with van der Waals surface area (Å²) in [6.07, 6.45) is 2.22. The van der Waals surface area contributed by atoms with Gasteiger partial charge in [-0.2, -0.15) is 0 Å². The van der Waals surface area contributed by atoms with Gasteiger partial charge in [-0.25, -0.2) is 13.1 Å². The monoisotopic (exact) mass is 282 g/mol. The third kappa shape index (κ3) is 2.92. The second-order valence-electron chi connectivity index (χ2n) is 5.59. The van der Waals surface area contributed by atoms with Gasteiger partial charge in [-0.1, -0.05) is 26.0 Å². The Morgan fingerprint density at radius 2 is 1.89 bits per heavy atom. The van der Waals surface area contributed by atoms with Crippen molar-refractivity contribution in [2.45, 2.75) is 31.6 Å². The van der Waals surface area contributed by atoms with E-state index in [-0.39, 0.29) is 5.41 Å². The molecule has 106 valence electrons. The molecule has 1 saturated carbocycles. The molecule has 0 spiro atoms.